The minimum absolute atomic E-state index is 0.0742. The summed E-state index contributed by atoms with van der Waals surface area (Å²) in [7, 11) is 1.34. The highest BCUT2D eigenvalue weighted by Crippen LogP contribution is 2.19. The van der Waals surface area contributed by atoms with Gasteiger partial charge in [0, 0.05) is 5.56 Å². The number of hydrogen-bond donors (Lipinski definition) is 1. The molecule has 1 aliphatic carbocycles. The number of rotatable bonds is 3. The Bertz CT molecular complexity index is 470. The van der Waals surface area contributed by atoms with Crippen LogP contribution in [0.4, 0.5) is 0 Å². The van der Waals surface area contributed by atoms with Crippen molar-refractivity contribution in [2.24, 2.45) is 0 Å². The predicted molar refractivity (Wildman–Crippen MR) is 59.6 cm³/mol. The molecule has 0 amide bonds. The summed E-state index contributed by atoms with van der Waals surface area (Å²) in [6, 6.07) is 0. The maximum absolute atomic E-state index is 11.6. The molecule has 86 valence electrons. The zero-order valence-corrected chi connectivity index (χ0v) is 9.73. The van der Waals surface area contributed by atoms with E-state index >= 15 is 0 Å². The molecule has 1 aromatic heterocycles. The van der Waals surface area contributed by atoms with Crippen LogP contribution in [-0.2, 0) is 22.4 Å². The molecule has 1 heterocycles. The molecule has 2 rings (SSSR count). The Morgan fingerprint density at radius 3 is 3.12 bits per heavy atom. The number of aromatic amines is 1. The Hall–Kier alpha value is -1.30. The van der Waals surface area contributed by atoms with Gasteiger partial charge in [0.05, 0.1) is 18.6 Å². The first-order chi connectivity index (χ1) is 7.70. The van der Waals surface area contributed by atoms with Gasteiger partial charge < -0.3 is 9.72 Å². The van der Waals surface area contributed by atoms with Crippen molar-refractivity contribution in [1.82, 2.24) is 9.97 Å². The van der Waals surface area contributed by atoms with Crippen LogP contribution < -0.4 is 5.56 Å². The van der Waals surface area contributed by atoms with E-state index in [1.54, 1.807) is 0 Å². The number of ether oxygens (including phenoxy) is 1. The van der Waals surface area contributed by atoms with Crippen molar-refractivity contribution in [2.75, 3.05) is 12.9 Å². The summed E-state index contributed by atoms with van der Waals surface area (Å²) < 4.78 is 4.52. The smallest absolute Gasteiger partial charge is 0.316 e. The molecule has 1 aliphatic rings. The number of carbonyl (C=O) groups excluding carboxylic acids is 1. The van der Waals surface area contributed by atoms with Crippen LogP contribution in [0, 0.1) is 0 Å². The van der Waals surface area contributed by atoms with Gasteiger partial charge in [0.15, 0.2) is 5.16 Å². The first-order valence-corrected chi connectivity index (χ1v) is 6.01. The highest BCUT2D eigenvalue weighted by molar-refractivity contribution is 7.99. The lowest BCUT2D eigenvalue weighted by Gasteiger charge is -2.02. The summed E-state index contributed by atoms with van der Waals surface area (Å²) in [4.78, 5) is 29.6. The number of H-pyrrole nitrogens is 1. The summed E-state index contributed by atoms with van der Waals surface area (Å²) in [5.41, 5.74) is 1.59. The van der Waals surface area contributed by atoms with E-state index in [2.05, 4.69) is 14.7 Å². The fourth-order valence-corrected chi connectivity index (χ4v) is 2.39. The second-order valence-electron chi connectivity index (χ2n) is 3.51. The monoisotopic (exact) mass is 240 g/mol. The Balaban J connectivity index is 2.14. The SMILES string of the molecule is COC(=O)CSc1nc2c(c(=O)[nH]1)CCC2. The van der Waals surface area contributed by atoms with E-state index < -0.39 is 0 Å². The van der Waals surface area contributed by atoms with E-state index in [0.717, 1.165) is 30.5 Å². The van der Waals surface area contributed by atoms with Crippen LogP contribution >= 0.6 is 11.8 Å². The number of aryl methyl sites for hydroxylation is 1. The van der Waals surface area contributed by atoms with Crippen LogP contribution in [0.1, 0.15) is 17.7 Å². The summed E-state index contributed by atoms with van der Waals surface area (Å²) in [5, 5.41) is 0.496. The van der Waals surface area contributed by atoms with E-state index in [0.29, 0.717) is 5.16 Å². The summed E-state index contributed by atoms with van der Waals surface area (Å²) in [6.07, 6.45) is 2.64. The first-order valence-electron chi connectivity index (χ1n) is 5.02. The Morgan fingerprint density at radius 2 is 2.38 bits per heavy atom. The molecule has 1 N–H and O–H groups in total. The molecule has 6 heteroatoms. The Morgan fingerprint density at radius 1 is 1.56 bits per heavy atom. The maximum Gasteiger partial charge on any atom is 0.316 e. The molecule has 0 unspecified atom stereocenters. The van der Waals surface area contributed by atoms with E-state index in [4.69, 9.17) is 0 Å². The fraction of sp³-hybridized carbons (Fsp3) is 0.500. The van der Waals surface area contributed by atoms with Crippen molar-refractivity contribution in [2.45, 2.75) is 24.4 Å². The third kappa shape index (κ3) is 2.27. The molecule has 5 nitrogen and oxygen atoms in total. The Labute approximate surface area is 96.6 Å². The van der Waals surface area contributed by atoms with Crippen molar-refractivity contribution >= 4 is 17.7 Å². The molecule has 0 saturated heterocycles. The third-order valence-corrected chi connectivity index (χ3v) is 3.32. The van der Waals surface area contributed by atoms with Crippen LogP contribution in [0.3, 0.4) is 0 Å². The number of esters is 1. The molecular formula is C10H12N2O3S. The predicted octanol–water partition coefficient (Wildman–Crippen LogP) is 0.524. The summed E-state index contributed by atoms with van der Waals surface area (Å²) in [6.45, 7) is 0. The average molecular weight is 240 g/mol. The van der Waals surface area contributed by atoms with Crippen LogP contribution in [0.15, 0.2) is 9.95 Å². The van der Waals surface area contributed by atoms with Crippen molar-refractivity contribution in [1.29, 1.82) is 0 Å². The number of nitrogens with one attached hydrogen (secondary N) is 1. The van der Waals surface area contributed by atoms with Gasteiger partial charge in [0.2, 0.25) is 0 Å². The number of methoxy groups -OCH3 is 1. The lowest BCUT2D eigenvalue weighted by atomic mass is 10.3. The van der Waals surface area contributed by atoms with Gasteiger partial charge in [0.1, 0.15) is 0 Å². The number of thioether (sulfide) groups is 1. The summed E-state index contributed by atoms with van der Waals surface area (Å²) in [5.74, 6) is -0.161. The molecule has 0 saturated carbocycles. The van der Waals surface area contributed by atoms with Crippen molar-refractivity contribution in [3.8, 4) is 0 Å². The molecule has 0 aromatic carbocycles. The molecule has 0 radical (unpaired) electrons. The van der Waals surface area contributed by atoms with E-state index in [-0.39, 0.29) is 17.3 Å². The van der Waals surface area contributed by atoms with Gasteiger partial charge in [-0.2, -0.15) is 0 Å². The standard InChI is InChI=1S/C10H12N2O3S/c1-15-8(13)5-16-10-11-7-4-2-3-6(7)9(14)12-10/h2-5H2,1H3,(H,11,12,14). The van der Waals surface area contributed by atoms with Gasteiger partial charge in [-0.25, -0.2) is 4.98 Å². The number of carbonyl (C=O) groups is 1. The van der Waals surface area contributed by atoms with Gasteiger partial charge in [0.25, 0.3) is 5.56 Å². The summed E-state index contributed by atoms with van der Waals surface area (Å²) >= 11 is 1.19. The zero-order chi connectivity index (χ0) is 11.5. The number of hydrogen-bond acceptors (Lipinski definition) is 5. The number of fused-ring (bicyclic) bond motifs is 1. The lowest BCUT2D eigenvalue weighted by Crippen LogP contribution is -2.15. The van der Waals surface area contributed by atoms with Crippen molar-refractivity contribution in [3.63, 3.8) is 0 Å². The van der Waals surface area contributed by atoms with Gasteiger partial charge >= 0.3 is 5.97 Å². The maximum atomic E-state index is 11.6. The molecule has 0 atom stereocenters. The third-order valence-electron chi connectivity index (χ3n) is 2.47. The van der Waals surface area contributed by atoms with Crippen LogP contribution in [0.5, 0.6) is 0 Å². The van der Waals surface area contributed by atoms with Crippen LogP contribution in [-0.4, -0.2) is 28.8 Å². The van der Waals surface area contributed by atoms with Gasteiger partial charge in [-0.15, -0.1) is 0 Å². The molecule has 0 bridgehead atoms. The molecule has 16 heavy (non-hydrogen) atoms. The quantitative estimate of drug-likeness (QED) is 0.474. The Kier molecular flexibility index (Phi) is 3.28. The van der Waals surface area contributed by atoms with Crippen molar-refractivity contribution < 1.29 is 9.53 Å². The average Bonchev–Trinajstić information content (AvgIpc) is 2.74. The van der Waals surface area contributed by atoms with Gasteiger partial charge in [-0.05, 0) is 19.3 Å². The number of nitrogens with zero attached hydrogens (tertiary/aromatic N) is 1. The van der Waals surface area contributed by atoms with Crippen LogP contribution in [0.2, 0.25) is 0 Å². The molecule has 0 aliphatic heterocycles. The topological polar surface area (TPSA) is 72.0 Å². The van der Waals surface area contributed by atoms with E-state index in [9.17, 15) is 9.59 Å². The second-order valence-corrected chi connectivity index (χ2v) is 4.48. The fourth-order valence-electron chi connectivity index (χ4n) is 1.67. The van der Waals surface area contributed by atoms with Crippen molar-refractivity contribution in [3.05, 3.63) is 21.6 Å². The van der Waals surface area contributed by atoms with E-state index in [1.807, 2.05) is 0 Å². The first kappa shape index (κ1) is 11.2. The number of aromatic nitrogens is 2. The minimum atomic E-state index is -0.326. The normalized spacial score (nSPS) is 13.6. The minimum Gasteiger partial charge on any atom is -0.468 e. The molecule has 1 aromatic rings. The highest BCUT2D eigenvalue weighted by Gasteiger charge is 2.17. The van der Waals surface area contributed by atoms with Gasteiger partial charge in [-0.1, -0.05) is 11.8 Å². The second kappa shape index (κ2) is 4.69. The van der Waals surface area contributed by atoms with Gasteiger partial charge in [-0.3, -0.25) is 9.59 Å². The largest absolute Gasteiger partial charge is 0.468 e. The molecule has 0 spiro atoms. The molecule has 0 fully saturated rings. The highest BCUT2D eigenvalue weighted by atomic mass is 32.2. The zero-order valence-electron chi connectivity index (χ0n) is 8.91. The lowest BCUT2D eigenvalue weighted by molar-refractivity contribution is -0.137. The van der Waals surface area contributed by atoms with Crippen LogP contribution in [0.25, 0.3) is 0 Å². The van der Waals surface area contributed by atoms with E-state index in [1.165, 1.54) is 18.9 Å². The molecular weight excluding hydrogens is 228 g/mol.